The molecule has 2 unspecified atom stereocenters. The van der Waals surface area contributed by atoms with E-state index in [2.05, 4.69) is 69.8 Å². The van der Waals surface area contributed by atoms with Gasteiger partial charge in [-0.15, -0.1) is 24.0 Å². The molecule has 1 aliphatic carbocycles. The van der Waals surface area contributed by atoms with Gasteiger partial charge in [-0.3, -0.25) is 4.99 Å². The molecule has 1 fully saturated rings. The van der Waals surface area contributed by atoms with Gasteiger partial charge in [-0.2, -0.15) is 0 Å². The van der Waals surface area contributed by atoms with E-state index in [9.17, 15) is 0 Å². The van der Waals surface area contributed by atoms with E-state index in [1.54, 1.807) is 0 Å². The van der Waals surface area contributed by atoms with E-state index < -0.39 is 0 Å². The number of benzene rings is 2. The summed E-state index contributed by atoms with van der Waals surface area (Å²) in [7, 11) is 1.88. The number of nitrogens with one attached hydrogen (secondary N) is 1. The summed E-state index contributed by atoms with van der Waals surface area (Å²) in [5, 5.41) is 3.59. The predicted molar refractivity (Wildman–Crippen MR) is 112 cm³/mol. The van der Waals surface area contributed by atoms with Crippen molar-refractivity contribution in [3.8, 4) is 0 Å². The van der Waals surface area contributed by atoms with E-state index in [0.717, 1.165) is 31.4 Å². The van der Waals surface area contributed by atoms with Crippen molar-refractivity contribution in [2.75, 3.05) is 25.0 Å². The quantitative estimate of drug-likeness (QED) is 0.450. The highest BCUT2D eigenvalue weighted by Gasteiger charge is 2.38. The van der Waals surface area contributed by atoms with Gasteiger partial charge in [0.05, 0.1) is 0 Å². The third kappa shape index (κ3) is 3.43. The van der Waals surface area contributed by atoms with Crippen LogP contribution in [-0.4, -0.2) is 26.1 Å². The van der Waals surface area contributed by atoms with Crippen molar-refractivity contribution >= 4 is 35.6 Å². The topological polar surface area (TPSA) is 27.6 Å². The molecule has 0 radical (unpaired) electrons. The second-order valence-electron chi connectivity index (χ2n) is 6.47. The Morgan fingerprint density at radius 3 is 2.67 bits per heavy atom. The molecule has 0 bridgehead atoms. The van der Waals surface area contributed by atoms with Crippen molar-refractivity contribution in [3.05, 3.63) is 65.7 Å². The first kappa shape index (κ1) is 17.3. The lowest BCUT2D eigenvalue weighted by Gasteiger charge is -2.22. The summed E-state index contributed by atoms with van der Waals surface area (Å²) in [6, 6.07) is 19.5. The lowest BCUT2D eigenvalue weighted by Crippen LogP contribution is -2.41. The van der Waals surface area contributed by atoms with E-state index in [0.29, 0.717) is 5.92 Å². The van der Waals surface area contributed by atoms with Gasteiger partial charge in [0.2, 0.25) is 0 Å². The number of para-hydroxylation sites is 1. The van der Waals surface area contributed by atoms with Crippen LogP contribution >= 0.6 is 24.0 Å². The minimum atomic E-state index is 0. The summed E-state index contributed by atoms with van der Waals surface area (Å²) < 4.78 is 0. The molecule has 4 heteroatoms. The Hall–Kier alpha value is -1.56. The van der Waals surface area contributed by atoms with Crippen molar-refractivity contribution in [1.29, 1.82) is 0 Å². The Morgan fingerprint density at radius 2 is 1.88 bits per heavy atom. The van der Waals surface area contributed by atoms with E-state index in [4.69, 9.17) is 0 Å². The van der Waals surface area contributed by atoms with E-state index in [-0.39, 0.29) is 24.0 Å². The number of aliphatic imine (C=N–C) groups is 1. The maximum Gasteiger partial charge on any atom is 0.198 e. The molecule has 1 N–H and O–H groups in total. The van der Waals surface area contributed by atoms with Crippen LogP contribution in [0, 0.1) is 5.92 Å². The van der Waals surface area contributed by atoms with Gasteiger partial charge in [0.25, 0.3) is 0 Å². The summed E-state index contributed by atoms with van der Waals surface area (Å²) in [6.45, 7) is 2.02. The number of halogens is 1. The van der Waals surface area contributed by atoms with Crippen molar-refractivity contribution in [1.82, 2.24) is 5.32 Å². The Balaban J connectivity index is 0.00000169. The highest BCUT2D eigenvalue weighted by atomic mass is 127. The maximum atomic E-state index is 4.50. The zero-order valence-electron chi connectivity index (χ0n) is 14.0. The number of rotatable bonds is 3. The fourth-order valence-electron chi connectivity index (χ4n) is 3.66. The Bertz CT molecular complexity index is 714. The van der Waals surface area contributed by atoms with Crippen molar-refractivity contribution in [2.45, 2.75) is 18.8 Å². The first-order chi connectivity index (χ1) is 11.4. The van der Waals surface area contributed by atoms with Gasteiger partial charge in [0, 0.05) is 25.8 Å². The fraction of sp³-hybridized carbons (Fsp3) is 0.350. The summed E-state index contributed by atoms with van der Waals surface area (Å²) in [6.07, 6.45) is 2.39. The Labute approximate surface area is 161 Å². The van der Waals surface area contributed by atoms with Crippen LogP contribution < -0.4 is 10.2 Å². The molecule has 24 heavy (non-hydrogen) atoms. The first-order valence-corrected chi connectivity index (χ1v) is 8.48. The molecule has 1 saturated carbocycles. The fourth-order valence-corrected chi connectivity index (χ4v) is 3.66. The van der Waals surface area contributed by atoms with Crippen molar-refractivity contribution in [2.24, 2.45) is 10.9 Å². The molecule has 0 aromatic heterocycles. The third-order valence-electron chi connectivity index (χ3n) is 5.03. The average molecular weight is 433 g/mol. The molecule has 0 spiro atoms. The van der Waals surface area contributed by atoms with Crippen LogP contribution in [0.15, 0.2) is 59.6 Å². The highest BCUT2D eigenvalue weighted by molar-refractivity contribution is 14.0. The van der Waals surface area contributed by atoms with Gasteiger partial charge in [-0.05, 0) is 41.9 Å². The molecule has 2 aromatic carbocycles. The third-order valence-corrected chi connectivity index (χ3v) is 5.03. The molecule has 2 aliphatic rings. The molecular weight excluding hydrogens is 409 g/mol. The van der Waals surface area contributed by atoms with Crippen LogP contribution in [0.2, 0.25) is 0 Å². The summed E-state index contributed by atoms with van der Waals surface area (Å²) in [5.74, 6) is 2.45. The summed E-state index contributed by atoms with van der Waals surface area (Å²) in [4.78, 5) is 6.81. The maximum absolute atomic E-state index is 4.50. The monoisotopic (exact) mass is 433 g/mol. The molecule has 0 saturated heterocycles. The van der Waals surface area contributed by atoms with E-state index in [1.807, 2.05) is 7.05 Å². The number of fused-ring (bicyclic) bond motifs is 1. The number of hydrogen-bond donors (Lipinski definition) is 1. The van der Waals surface area contributed by atoms with E-state index in [1.165, 1.54) is 23.2 Å². The van der Waals surface area contributed by atoms with Crippen LogP contribution in [0.1, 0.15) is 23.5 Å². The van der Waals surface area contributed by atoms with Gasteiger partial charge >= 0.3 is 0 Å². The van der Waals surface area contributed by atoms with Gasteiger partial charge in [-0.25, -0.2) is 0 Å². The standard InChI is InChI=1S/C20H23N3.HI/c1-21-20(23-12-11-16-9-5-6-10-19(16)23)22-14-17-13-18(17)15-7-3-2-4-8-15;/h2-10,17-18H,11-14H2,1H3,(H,21,22);1H. The molecule has 3 nitrogen and oxygen atoms in total. The normalized spacial score (nSPS) is 21.9. The lowest BCUT2D eigenvalue weighted by molar-refractivity contribution is 0.735. The predicted octanol–water partition coefficient (Wildman–Crippen LogP) is 4.05. The number of guanidine groups is 1. The molecule has 2 aromatic rings. The second kappa shape index (κ2) is 7.55. The lowest BCUT2D eigenvalue weighted by atomic mass is 10.1. The largest absolute Gasteiger partial charge is 0.356 e. The number of hydrogen-bond acceptors (Lipinski definition) is 1. The summed E-state index contributed by atoms with van der Waals surface area (Å²) >= 11 is 0. The molecule has 1 aliphatic heterocycles. The molecular formula is C20H24IN3. The highest BCUT2D eigenvalue weighted by Crippen LogP contribution is 2.46. The molecule has 4 rings (SSSR count). The van der Waals surface area contributed by atoms with Gasteiger partial charge < -0.3 is 10.2 Å². The SMILES string of the molecule is CN=C(NCC1CC1c1ccccc1)N1CCc2ccccc21.I. The molecule has 0 amide bonds. The Kier molecular flexibility index (Phi) is 5.43. The molecule has 1 heterocycles. The van der Waals surface area contributed by atoms with Crippen LogP contribution in [0.5, 0.6) is 0 Å². The minimum Gasteiger partial charge on any atom is -0.356 e. The number of nitrogens with zero attached hydrogens (tertiary/aromatic N) is 2. The Morgan fingerprint density at radius 1 is 1.12 bits per heavy atom. The van der Waals surface area contributed by atoms with Gasteiger partial charge in [0.15, 0.2) is 5.96 Å². The number of anilines is 1. The van der Waals surface area contributed by atoms with Crippen molar-refractivity contribution < 1.29 is 0 Å². The zero-order chi connectivity index (χ0) is 15.6. The van der Waals surface area contributed by atoms with Gasteiger partial charge in [0.1, 0.15) is 0 Å². The summed E-state index contributed by atoms with van der Waals surface area (Å²) in [5.41, 5.74) is 4.20. The first-order valence-electron chi connectivity index (χ1n) is 8.48. The van der Waals surface area contributed by atoms with E-state index >= 15 is 0 Å². The smallest absolute Gasteiger partial charge is 0.198 e. The second-order valence-corrected chi connectivity index (χ2v) is 6.47. The minimum absolute atomic E-state index is 0. The zero-order valence-corrected chi connectivity index (χ0v) is 16.3. The van der Waals surface area contributed by atoms with Crippen molar-refractivity contribution in [3.63, 3.8) is 0 Å². The van der Waals surface area contributed by atoms with Gasteiger partial charge in [-0.1, -0.05) is 48.5 Å². The average Bonchev–Trinajstić information content (AvgIpc) is 3.27. The molecule has 2 atom stereocenters. The van der Waals surface area contributed by atoms with Crippen LogP contribution in [0.3, 0.4) is 0 Å². The van der Waals surface area contributed by atoms with Crippen LogP contribution in [-0.2, 0) is 6.42 Å². The molecule has 126 valence electrons. The van der Waals surface area contributed by atoms with Crippen LogP contribution in [0.25, 0.3) is 0 Å². The van der Waals surface area contributed by atoms with Crippen LogP contribution in [0.4, 0.5) is 5.69 Å².